The van der Waals surface area contributed by atoms with Crippen molar-refractivity contribution in [2.24, 2.45) is 0 Å². The first-order chi connectivity index (χ1) is 7.70. The number of nitrogens with zero attached hydrogens (tertiary/aromatic N) is 1. The van der Waals surface area contributed by atoms with Crippen molar-refractivity contribution in [2.75, 3.05) is 0 Å². The number of aromatic nitrogens is 1. The Kier molecular flexibility index (Phi) is 3.33. The highest BCUT2D eigenvalue weighted by atomic mass is 79.9. The van der Waals surface area contributed by atoms with Crippen LogP contribution in [0.5, 0.6) is 0 Å². The number of halogens is 3. The molecule has 1 aromatic heterocycles. The molecular weight excluding hydrogens is 280 g/mol. The quantitative estimate of drug-likeness (QED) is 0.792. The second kappa shape index (κ2) is 4.74. The van der Waals surface area contributed by atoms with Crippen LogP contribution in [0.25, 0.3) is 11.3 Å². The zero-order valence-corrected chi connectivity index (χ0v) is 9.75. The Morgan fingerprint density at radius 1 is 1.31 bits per heavy atom. The third kappa shape index (κ3) is 2.29. The van der Waals surface area contributed by atoms with E-state index in [0.717, 1.165) is 0 Å². The number of rotatable bonds is 3. The van der Waals surface area contributed by atoms with Crippen LogP contribution in [0, 0.1) is 0 Å². The average Bonchev–Trinajstić information content (AvgIpc) is 2.77. The molecule has 2 nitrogen and oxygen atoms in total. The molecular formula is C11H8BrF2NO. The van der Waals surface area contributed by atoms with Crippen molar-refractivity contribution in [1.82, 2.24) is 5.16 Å². The molecule has 84 valence electrons. The maximum Gasteiger partial charge on any atom is 0.263 e. The molecule has 0 saturated heterocycles. The molecule has 16 heavy (non-hydrogen) atoms. The Labute approximate surface area is 99.4 Å². The van der Waals surface area contributed by atoms with Crippen LogP contribution >= 0.6 is 15.9 Å². The van der Waals surface area contributed by atoms with E-state index in [1.165, 1.54) is 12.1 Å². The van der Waals surface area contributed by atoms with Gasteiger partial charge in [0.25, 0.3) is 6.43 Å². The summed E-state index contributed by atoms with van der Waals surface area (Å²) in [4.78, 5) is 0. The highest BCUT2D eigenvalue weighted by Gasteiger charge is 2.10. The molecule has 0 radical (unpaired) electrons. The van der Waals surface area contributed by atoms with Crippen molar-refractivity contribution in [3.05, 3.63) is 41.7 Å². The van der Waals surface area contributed by atoms with E-state index in [4.69, 9.17) is 4.52 Å². The molecule has 0 N–H and O–H groups in total. The summed E-state index contributed by atoms with van der Waals surface area (Å²) in [6.45, 7) is 0. The first-order valence-corrected chi connectivity index (χ1v) is 5.73. The van der Waals surface area contributed by atoms with Crippen molar-refractivity contribution >= 4 is 15.9 Å². The lowest BCUT2D eigenvalue weighted by Crippen LogP contribution is -1.85. The van der Waals surface area contributed by atoms with Gasteiger partial charge in [-0.25, -0.2) is 8.78 Å². The van der Waals surface area contributed by atoms with Crippen molar-refractivity contribution in [1.29, 1.82) is 0 Å². The van der Waals surface area contributed by atoms with Gasteiger partial charge in [-0.15, -0.1) is 0 Å². The molecule has 0 aliphatic heterocycles. The summed E-state index contributed by atoms with van der Waals surface area (Å²) >= 11 is 3.23. The van der Waals surface area contributed by atoms with Crippen LogP contribution in [0.4, 0.5) is 8.78 Å². The van der Waals surface area contributed by atoms with Crippen LogP contribution in [0.3, 0.4) is 0 Å². The van der Waals surface area contributed by atoms with E-state index in [-0.39, 0.29) is 5.56 Å². The van der Waals surface area contributed by atoms with Gasteiger partial charge in [0.05, 0.1) is 5.33 Å². The minimum absolute atomic E-state index is 0.0131. The monoisotopic (exact) mass is 287 g/mol. The molecule has 0 atom stereocenters. The van der Waals surface area contributed by atoms with Crippen LogP contribution in [0.15, 0.2) is 34.9 Å². The molecule has 2 rings (SSSR count). The Bertz CT molecular complexity index is 484. The lowest BCUT2D eigenvalue weighted by molar-refractivity contribution is 0.151. The van der Waals surface area contributed by atoms with Crippen LogP contribution in [0.1, 0.15) is 17.7 Å². The Balaban J connectivity index is 2.36. The van der Waals surface area contributed by atoms with Gasteiger partial charge in [0.1, 0.15) is 11.5 Å². The summed E-state index contributed by atoms with van der Waals surface area (Å²) in [6, 6.07) is 7.83. The first-order valence-electron chi connectivity index (χ1n) is 4.60. The minimum Gasteiger partial charge on any atom is -0.360 e. The van der Waals surface area contributed by atoms with Gasteiger partial charge in [-0.1, -0.05) is 39.3 Å². The standard InChI is InChI=1S/C11H8BrF2NO/c12-6-9-5-10(15-16-9)7-2-1-3-8(4-7)11(13)14/h1-5,11H,6H2. The predicted molar refractivity (Wildman–Crippen MR) is 59.5 cm³/mol. The molecule has 0 unspecified atom stereocenters. The summed E-state index contributed by atoms with van der Waals surface area (Å²) in [7, 11) is 0. The van der Waals surface area contributed by atoms with E-state index in [1.54, 1.807) is 18.2 Å². The van der Waals surface area contributed by atoms with Gasteiger partial charge in [-0.05, 0) is 6.07 Å². The van der Waals surface area contributed by atoms with Gasteiger partial charge >= 0.3 is 0 Å². The predicted octanol–water partition coefficient (Wildman–Crippen LogP) is 4.17. The Hall–Kier alpha value is -1.23. The maximum absolute atomic E-state index is 12.5. The normalized spacial score (nSPS) is 11.0. The molecule has 0 spiro atoms. The van der Waals surface area contributed by atoms with E-state index in [2.05, 4.69) is 21.1 Å². The average molecular weight is 288 g/mol. The van der Waals surface area contributed by atoms with E-state index in [0.29, 0.717) is 22.3 Å². The first kappa shape index (κ1) is 11.3. The molecule has 0 aliphatic carbocycles. The smallest absolute Gasteiger partial charge is 0.263 e. The van der Waals surface area contributed by atoms with E-state index in [1.807, 2.05) is 0 Å². The van der Waals surface area contributed by atoms with Crippen molar-refractivity contribution < 1.29 is 13.3 Å². The van der Waals surface area contributed by atoms with Crippen molar-refractivity contribution in [3.8, 4) is 11.3 Å². The molecule has 0 amide bonds. The SMILES string of the molecule is FC(F)c1cccc(-c2cc(CBr)on2)c1. The molecule has 5 heteroatoms. The lowest BCUT2D eigenvalue weighted by atomic mass is 10.1. The topological polar surface area (TPSA) is 26.0 Å². The molecule has 1 aromatic carbocycles. The van der Waals surface area contributed by atoms with Gasteiger partial charge in [-0.3, -0.25) is 0 Å². The van der Waals surface area contributed by atoms with E-state index in [9.17, 15) is 8.78 Å². The van der Waals surface area contributed by atoms with Crippen LogP contribution in [-0.4, -0.2) is 5.16 Å². The fourth-order valence-electron chi connectivity index (χ4n) is 1.35. The fourth-order valence-corrected chi connectivity index (χ4v) is 1.61. The molecule has 2 aromatic rings. The highest BCUT2D eigenvalue weighted by Crippen LogP contribution is 2.25. The zero-order chi connectivity index (χ0) is 11.5. The number of hydrogen-bond acceptors (Lipinski definition) is 2. The summed E-state index contributed by atoms with van der Waals surface area (Å²) < 4.78 is 29.9. The lowest BCUT2D eigenvalue weighted by Gasteiger charge is -2.00. The summed E-state index contributed by atoms with van der Waals surface area (Å²) in [5.41, 5.74) is 1.19. The second-order valence-corrected chi connectivity index (χ2v) is 3.80. The Morgan fingerprint density at radius 2 is 2.12 bits per heavy atom. The van der Waals surface area contributed by atoms with Crippen molar-refractivity contribution in [2.45, 2.75) is 11.8 Å². The summed E-state index contributed by atoms with van der Waals surface area (Å²) in [5.74, 6) is 0.664. The van der Waals surface area contributed by atoms with Crippen LogP contribution in [-0.2, 0) is 5.33 Å². The molecule has 0 aliphatic rings. The zero-order valence-electron chi connectivity index (χ0n) is 8.16. The number of benzene rings is 1. The molecule has 0 fully saturated rings. The van der Waals surface area contributed by atoms with Gasteiger partial charge in [0, 0.05) is 17.2 Å². The van der Waals surface area contributed by atoms with Gasteiger partial charge in [0.2, 0.25) is 0 Å². The highest BCUT2D eigenvalue weighted by molar-refractivity contribution is 9.08. The Morgan fingerprint density at radius 3 is 2.75 bits per heavy atom. The van der Waals surface area contributed by atoms with Crippen LogP contribution < -0.4 is 0 Å². The maximum atomic E-state index is 12.5. The van der Waals surface area contributed by atoms with E-state index < -0.39 is 6.43 Å². The third-order valence-corrected chi connectivity index (χ3v) is 2.68. The third-order valence-electron chi connectivity index (χ3n) is 2.13. The summed E-state index contributed by atoms with van der Waals surface area (Å²) in [5, 5.41) is 4.36. The largest absolute Gasteiger partial charge is 0.360 e. The van der Waals surface area contributed by atoms with Gasteiger partial charge in [-0.2, -0.15) is 0 Å². The molecule has 0 bridgehead atoms. The molecule has 1 heterocycles. The minimum atomic E-state index is -2.47. The van der Waals surface area contributed by atoms with E-state index >= 15 is 0 Å². The van der Waals surface area contributed by atoms with Crippen molar-refractivity contribution in [3.63, 3.8) is 0 Å². The number of hydrogen-bond donors (Lipinski definition) is 0. The van der Waals surface area contributed by atoms with Gasteiger partial charge in [0.15, 0.2) is 0 Å². The summed E-state index contributed by atoms with van der Waals surface area (Å²) in [6.07, 6.45) is -2.47. The number of alkyl halides is 3. The fraction of sp³-hybridized carbons (Fsp3) is 0.182. The van der Waals surface area contributed by atoms with Crippen LogP contribution in [0.2, 0.25) is 0 Å². The second-order valence-electron chi connectivity index (χ2n) is 3.24. The molecule has 0 saturated carbocycles. The van der Waals surface area contributed by atoms with Gasteiger partial charge < -0.3 is 4.52 Å².